The number of rotatable bonds is 5. The van der Waals surface area contributed by atoms with Crippen LogP contribution in [0.15, 0.2) is 61.3 Å². The number of amides is 3. The molecule has 212 valence electrons. The molecule has 2 aromatic carbocycles. The molecule has 0 aliphatic carbocycles. The topological polar surface area (TPSA) is 88.2 Å². The number of nitrogens with zero attached hydrogens (tertiary/aromatic N) is 7. The maximum Gasteiger partial charge on any atom is 0.326 e. The highest BCUT2D eigenvalue weighted by Gasteiger charge is 2.39. The molecule has 41 heavy (non-hydrogen) atoms. The zero-order valence-corrected chi connectivity index (χ0v) is 24.0. The Morgan fingerprint density at radius 1 is 1.07 bits per heavy atom. The molecule has 1 unspecified atom stereocenters. The molecule has 4 heterocycles. The average Bonchev–Trinajstić information content (AvgIpc) is 2.99. The van der Waals surface area contributed by atoms with E-state index in [0.29, 0.717) is 42.0 Å². The van der Waals surface area contributed by atoms with E-state index in [2.05, 4.69) is 45.9 Å². The first-order valence-electron chi connectivity index (χ1n) is 13.8. The van der Waals surface area contributed by atoms with Crippen LogP contribution in [0.3, 0.4) is 0 Å². The average molecular weight is 573 g/mol. The number of nitrogens with one attached hydrogen (secondary N) is 1. The molecule has 1 fully saturated rings. The van der Waals surface area contributed by atoms with Gasteiger partial charge in [0.25, 0.3) is 0 Å². The summed E-state index contributed by atoms with van der Waals surface area (Å²) in [4.78, 5) is 45.2. The number of carbonyl (C=O) groups excluding carboxylic acids is 2. The normalized spacial score (nSPS) is 19.1. The molecule has 3 aliphatic heterocycles. The molecule has 1 saturated heterocycles. The van der Waals surface area contributed by atoms with Crippen molar-refractivity contribution in [2.45, 2.75) is 19.0 Å². The number of carbonyl (C=O) groups is 2. The minimum atomic E-state index is -0.253. The van der Waals surface area contributed by atoms with Gasteiger partial charge in [-0.05, 0) is 49.9 Å². The molecular formula is C30H33ClN8O2. The molecular weight excluding hydrogens is 540 g/mol. The molecule has 0 radical (unpaired) electrons. The summed E-state index contributed by atoms with van der Waals surface area (Å²) in [5, 5.41) is 3.75. The first kappa shape index (κ1) is 27.0. The smallest absolute Gasteiger partial charge is 0.326 e. The largest absolute Gasteiger partial charge is 0.369 e. The molecule has 0 bridgehead atoms. The van der Waals surface area contributed by atoms with Crippen molar-refractivity contribution in [2.75, 3.05) is 66.8 Å². The first-order chi connectivity index (χ1) is 19.8. The number of hydrogen-bond acceptors (Lipinski definition) is 7. The zero-order chi connectivity index (χ0) is 28.7. The lowest BCUT2D eigenvalue weighted by Gasteiger charge is -2.43. The molecule has 0 saturated carbocycles. The monoisotopic (exact) mass is 572 g/mol. The van der Waals surface area contributed by atoms with Gasteiger partial charge in [0.15, 0.2) is 0 Å². The fraction of sp³-hybridized carbons (Fsp3) is 0.333. The number of urea groups is 1. The highest BCUT2D eigenvalue weighted by Crippen LogP contribution is 2.44. The Kier molecular flexibility index (Phi) is 7.27. The molecule has 1 N–H and O–H groups in total. The van der Waals surface area contributed by atoms with E-state index in [1.807, 2.05) is 24.3 Å². The van der Waals surface area contributed by atoms with Gasteiger partial charge < -0.3 is 24.9 Å². The lowest BCUT2D eigenvalue weighted by Crippen LogP contribution is -2.49. The molecule has 1 aromatic heterocycles. The minimum absolute atomic E-state index is 0.168. The van der Waals surface area contributed by atoms with E-state index in [9.17, 15) is 9.59 Å². The summed E-state index contributed by atoms with van der Waals surface area (Å²) in [7, 11) is 3.88. The Labute approximate surface area is 244 Å². The van der Waals surface area contributed by atoms with Crippen molar-refractivity contribution in [2.24, 2.45) is 0 Å². The quantitative estimate of drug-likeness (QED) is 0.445. The standard InChI is InChI=1S/C30H33ClN8O2/c1-4-26(40)38-13-12-25(23-6-5-7-24(31)27(23)38)39-19-20-18-32-29(34-28(20)36(3)30(39)41)33-21-8-10-22(11-9-21)37-16-14-35(2)15-17-37/h4-11,18,25H,1,12-17,19H2,2-3H3,(H,32,33,34). The summed E-state index contributed by atoms with van der Waals surface area (Å²) < 4.78 is 0. The van der Waals surface area contributed by atoms with E-state index in [-0.39, 0.29) is 18.0 Å². The maximum atomic E-state index is 13.7. The number of piperazine rings is 1. The summed E-state index contributed by atoms with van der Waals surface area (Å²) >= 11 is 6.55. The molecule has 10 nitrogen and oxygen atoms in total. The van der Waals surface area contributed by atoms with Crippen LogP contribution in [0.25, 0.3) is 0 Å². The van der Waals surface area contributed by atoms with Crippen molar-refractivity contribution in [3.63, 3.8) is 0 Å². The third kappa shape index (κ3) is 5.09. The van der Waals surface area contributed by atoms with Gasteiger partial charge in [-0.1, -0.05) is 30.3 Å². The van der Waals surface area contributed by atoms with Crippen molar-refractivity contribution in [1.29, 1.82) is 0 Å². The van der Waals surface area contributed by atoms with Crippen molar-refractivity contribution < 1.29 is 9.59 Å². The predicted octanol–water partition coefficient (Wildman–Crippen LogP) is 4.66. The van der Waals surface area contributed by atoms with Crippen molar-refractivity contribution in [3.8, 4) is 0 Å². The van der Waals surface area contributed by atoms with Crippen molar-refractivity contribution in [3.05, 3.63) is 77.5 Å². The fourth-order valence-electron chi connectivity index (χ4n) is 5.85. The van der Waals surface area contributed by atoms with Crippen molar-refractivity contribution >= 4 is 52.4 Å². The Hall–Kier alpha value is -4.15. The van der Waals surface area contributed by atoms with Crippen molar-refractivity contribution in [1.82, 2.24) is 19.8 Å². The maximum absolute atomic E-state index is 13.7. The van der Waals surface area contributed by atoms with Crippen LogP contribution in [-0.2, 0) is 11.3 Å². The third-order valence-electron chi connectivity index (χ3n) is 8.11. The van der Waals surface area contributed by atoms with Crippen LogP contribution >= 0.6 is 11.6 Å². The van der Waals surface area contributed by atoms with E-state index in [4.69, 9.17) is 16.6 Å². The van der Waals surface area contributed by atoms with Gasteiger partial charge in [-0.3, -0.25) is 9.69 Å². The molecule has 3 amide bonds. The van der Waals surface area contributed by atoms with E-state index < -0.39 is 0 Å². The Morgan fingerprint density at radius 3 is 2.56 bits per heavy atom. The number of para-hydroxylation sites is 1. The second-order valence-electron chi connectivity index (χ2n) is 10.7. The number of hydrogen-bond donors (Lipinski definition) is 1. The van der Waals surface area contributed by atoms with Gasteiger partial charge in [0.05, 0.1) is 23.3 Å². The van der Waals surface area contributed by atoms with Crippen LogP contribution in [0.5, 0.6) is 0 Å². The van der Waals surface area contributed by atoms with Crippen LogP contribution in [0, 0.1) is 0 Å². The molecule has 11 heteroatoms. The first-order valence-corrected chi connectivity index (χ1v) is 14.1. The summed E-state index contributed by atoms with van der Waals surface area (Å²) in [6.45, 7) is 8.55. The predicted molar refractivity (Wildman–Crippen MR) is 162 cm³/mol. The number of halogens is 1. The van der Waals surface area contributed by atoms with Crippen LogP contribution in [0.2, 0.25) is 5.02 Å². The van der Waals surface area contributed by atoms with Crippen LogP contribution in [0.4, 0.5) is 33.6 Å². The lowest BCUT2D eigenvalue weighted by molar-refractivity contribution is -0.114. The second kappa shape index (κ2) is 11.0. The van der Waals surface area contributed by atoms with Gasteiger partial charge in [0, 0.05) is 68.5 Å². The number of fused-ring (bicyclic) bond motifs is 2. The SMILES string of the molecule is C=CC(=O)N1CCC(N2Cc3cnc(Nc4ccc(N5CCN(C)CC5)cc4)nc3N(C)C2=O)c2cccc(Cl)c21. The minimum Gasteiger partial charge on any atom is -0.369 e. The van der Waals surface area contributed by atoms with Crippen LogP contribution in [0.1, 0.15) is 23.6 Å². The Bertz CT molecular complexity index is 1490. The fourth-order valence-corrected chi connectivity index (χ4v) is 6.13. The number of aromatic nitrogens is 2. The van der Waals surface area contributed by atoms with E-state index in [0.717, 1.165) is 43.0 Å². The lowest BCUT2D eigenvalue weighted by atomic mass is 9.94. The summed E-state index contributed by atoms with van der Waals surface area (Å²) in [5.74, 6) is 0.786. The van der Waals surface area contributed by atoms with Crippen LogP contribution < -0.4 is 20.0 Å². The molecule has 6 rings (SSSR count). The van der Waals surface area contributed by atoms with E-state index in [1.54, 1.807) is 34.0 Å². The highest BCUT2D eigenvalue weighted by molar-refractivity contribution is 6.34. The third-order valence-corrected chi connectivity index (χ3v) is 8.42. The van der Waals surface area contributed by atoms with E-state index >= 15 is 0 Å². The van der Waals surface area contributed by atoms with Gasteiger partial charge in [0.2, 0.25) is 11.9 Å². The van der Waals surface area contributed by atoms with Gasteiger partial charge >= 0.3 is 6.03 Å². The summed E-state index contributed by atoms with van der Waals surface area (Å²) in [5.41, 5.74) is 4.39. The Morgan fingerprint density at radius 2 is 1.83 bits per heavy atom. The molecule has 0 spiro atoms. The highest BCUT2D eigenvalue weighted by atomic mass is 35.5. The second-order valence-corrected chi connectivity index (χ2v) is 11.1. The Balaban J connectivity index is 1.21. The summed E-state index contributed by atoms with van der Waals surface area (Å²) in [6, 6.07) is 13.4. The van der Waals surface area contributed by atoms with E-state index in [1.165, 1.54) is 11.8 Å². The molecule has 3 aromatic rings. The van der Waals surface area contributed by atoms with Gasteiger partial charge in [-0.15, -0.1) is 0 Å². The number of anilines is 5. The molecule has 3 aliphatic rings. The van der Waals surface area contributed by atoms with Gasteiger partial charge in [-0.25, -0.2) is 9.78 Å². The number of benzene rings is 2. The van der Waals surface area contributed by atoms with Crippen LogP contribution in [-0.4, -0.2) is 78.5 Å². The van der Waals surface area contributed by atoms with Gasteiger partial charge in [0.1, 0.15) is 5.82 Å². The summed E-state index contributed by atoms with van der Waals surface area (Å²) in [6.07, 6.45) is 3.63. The molecule has 1 atom stereocenters. The zero-order valence-electron chi connectivity index (χ0n) is 23.3. The number of likely N-dealkylation sites (N-methyl/N-ethyl adjacent to an activating group) is 1. The van der Waals surface area contributed by atoms with Gasteiger partial charge in [-0.2, -0.15) is 4.98 Å².